The summed E-state index contributed by atoms with van der Waals surface area (Å²) in [5.74, 6) is 0. The molecular weight excluding hydrogens is 286 g/mol. The lowest BCUT2D eigenvalue weighted by atomic mass is 10.2. The number of hydrogen-bond acceptors (Lipinski definition) is 4. The molecule has 6 heteroatoms. The Morgan fingerprint density at radius 3 is 2.79 bits per heavy atom. The van der Waals surface area contributed by atoms with Crippen LogP contribution in [0.2, 0.25) is 5.02 Å². The van der Waals surface area contributed by atoms with Crippen molar-refractivity contribution in [3.8, 4) is 10.6 Å². The molecule has 14 heavy (non-hydrogen) atoms. The molecule has 0 radical (unpaired) electrons. The zero-order valence-corrected chi connectivity index (χ0v) is 10.0. The van der Waals surface area contributed by atoms with Crippen molar-refractivity contribution in [2.75, 3.05) is 5.73 Å². The molecule has 0 aliphatic heterocycles. The highest BCUT2D eigenvalue weighted by molar-refractivity contribution is 9.10. The minimum Gasteiger partial charge on any atom is -0.374 e. The molecule has 0 bridgehead atoms. The first-order valence-electron chi connectivity index (χ1n) is 3.72. The topological polar surface area (TPSA) is 51.8 Å². The lowest BCUT2D eigenvalue weighted by Gasteiger charge is -2.00. The Labute approximate surface area is 98.0 Å². The van der Waals surface area contributed by atoms with Crippen molar-refractivity contribution < 1.29 is 0 Å². The van der Waals surface area contributed by atoms with E-state index in [1.807, 2.05) is 18.2 Å². The maximum atomic E-state index is 6.09. The maximum Gasteiger partial charge on any atom is 0.203 e. The third-order valence-corrected chi connectivity index (χ3v) is 3.70. The summed E-state index contributed by atoms with van der Waals surface area (Å²) in [4.78, 5) is 0. The van der Waals surface area contributed by atoms with Gasteiger partial charge in [0.2, 0.25) is 5.13 Å². The van der Waals surface area contributed by atoms with Gasteiger partial charge >= 0.3 is 0 Å². The molecule has 0 amide bonds. The van der Waals surface area contributed by atoms with Gasteiger partial charge in [-0.2, -0.15) is 0 Å². The van der Waals surface area contributed by atoms with Crippen LogP contribution in [-0.4, -0.2) is 10.2 Å². The smallest absolute Gasteiger partial charge is 0.203 e. The number of nitrogens with two attached hydrogens (primary N) is 1. The van der Waals surface area contributed by atoms with Crippen LogP contribution in [0.15, 0.2) is 22.7 Å². The molecule has 2 rings (SSSR count). The molecule has 0 aliphatic rings. The van der Waals surface area contributed by atoms with E-state index in [0.29, 0.717) is 10.2 Å². The van der Waals surface area contributed by atoms with E-state index in [1.54, 1.807) is 0 Å². The normalized spacial score (nSPS) is 10.4. The SMILES string of the molecule is Nc1nnc(-c2cccc(Br)c2Cl)s1. The summed E-state index contributed by atoms with van der Waals surface area (Å²) in [5.41, 5.74) is 6.34. The molecule has 2 aromatic rings. The lowest BCUT2D eigenvalue weighted by molar-refractivity contribution is 1.10. The van der Waals surface area contributed by atoms with Crippen LogP contribution in [0.3, 0.4) is 0 Å². The minimum atomic E-state index is 0.441. The Hall–Kier alpha value is -0.650. The van der Waals surface area contributed by atoms with Crippen LogP contribution < -0.4 is 5.73 Å². The summed E-state index contributed by atoms with van der Waals surface area (Å²) in [7, 11) is 0. The second-order valence-corrected chi connectivity index (χ2v) is 4.79. The molecule has 0 spiro atoms. The predicted octanol–water partition coefficient (Wildman–Crippen LogP) is 3.20. The molecule has 0 saturated carbocycles. The number of hydrogen-bond donors (Lipinski definition) is 1. The van der Waals surface area contributed by atoms with Gasteiger partial charge in [0.15, 0.2) is 5.01 Å². The Morgan fingerprint density at radius 2 is 2.14 bits per heavy atom. The van der Waals surface area contributed by atoms with Gasteiger partial charge in [0.05, 0.1) is 5.02 Å². The summed E-state index contributed by atoms with van der Waals surface area (Å²) >= 11 is 10.7. The first-order chi connectivity index (χ1) is 6.68. The molecular formula is C8H5BrClN3S. The van der Waals surface area contributed by atoms with Gasteiger partial charge in [0, 0.05) is 10.0 Å². The van der Waals surface area contributed by atoms with E-state index in [2.05, 4.69) is 26.1 Å². The average Bonchev–Trinajstić information content (AvgIpc) is 2.57. The summed E-state index contributed by atoms with van der Waals surface area (Å²) in [5, 5.41) is 9.46. The molecule has 2 N–H and O–H groups in total. The van der Waals surface area contributed by atoms with Gasteiger partial charge in [0.1, 0.15) is 0 Å². The minimum absolute atomic E-state index is 0.441. The number of halogens is 2. The van der Waals surface area contributed by atoms with Gasteiger partial charge in [-0.15, -0.1) is 10.2 Å². The number of aromatic nitrogens is 2. The number of anilines is 1. The van der Waals surface area contributed by atoms with E-state index in [9.17, 15) is 0 Å². The third-order valence-electron chi connectivity index (χ3n) is 1.62. The Morgan fingerprint density at radius 1 is 1.36 bits per heavy atom. The molecule has 1 aromatic carbocycles. The molecule has 1 heterocycles. The molecule has 3 nitrogen and oxygen atoms in total. The zero-order valence-electron chi connectivity index (χ0n) is 6.87. The first-order valence-corrected chi connectivity index (χ1v) is 5.70. The predicted molar refractivity (Wildman–Crippen MR) is 62.5 cm³/mol. The second-order valence-electron chi connectivity index (χ2n) is 2.55. The molecule has 72 valence electrons. The van der Waals surface area contributed by atoms with Crippen LogP contribution in [-0.2, 0) is 0 Å². The van der Waals surface area contributed by atoms with Crippen molar-refractivity contribution in [3.05, 3.63) is 27.7 Å². The molecule has 1 aromatic heterocycles. The van der Waals surface area contributed by atoms with Crippen LogP contribution in [0, 0.1) is 0 Å². The van der Waals surface area contributed by atoms with E-state index in [-0.39, 0.29) is 0 Å². The molecule has 0 fully saturated rings. The number of nitrogens with zero attached hydrogens (tertiary/aromatic N) is 2. The average molecular weight is 291 g/mol. The number of nitrogen functional groups attached to an aromatic ring is 1. The first kappa shape index (κ1) is 9.89. The van der Waals surface area contributed by atoms with Crippen molar-refractivity contribution in [3.63, 3.8) is 0 Å². The van der Waals surface area contributed by atoms with E-state index < -0.39 is 0 Å². The van der Waals surface area contributed by atoms with E-state index in [1.165, 1.54) is 11.3 Å². The summed E-state index contributed by atoms with van der Waals surface area (Å²) < 4.78 is 0.838. The number of rotatable bonds is 1. The van der Waals surface area contributed by atoms with Crippen LogP contribution in [0.1, 0.15) is 0 Å². The fraction of sp³-hybridized carbons (Fsp3) is 0. The van der Waals surface area contributed by atoms with E-state index in [0.717, 1.165) is 15.0 Å². The molecule has 0 saturated heterocycles. The quantitative estimate of drug-likeness (QED) is 0.877. The highest BCUT2D eigenvalue weighted by Crippen LogP contribution is 2.35. The second kappa shape index (κ2) is 3.84. The summed E-state index contributed by atoms with van der Waals surface area (Å²) in [6.45, 7) is 0. The largest absolute Gasteiger partial charge is 0.374 e. The highest BCUT2D eigenvalue weighted by Gasteiger charge is 2.10. The Bertz CT molecular complexity index is 471. The van der Waals surface area contributed by atoms with Crippen molar-refractivity contribution in [2.24, 2.45) is 0 Å². The summed E-state index contributed by atoms with van der Waals surface area (Å²) in [6, 6.07) is 5.64. The van der Waals surface area contributed by atoms with Crippen molar-refractivity contribution in [2.45, 2.75) is 0 Å². The third kappa shape index (κ3) is 1.75. The zero-order chi connectivity index (χ0) is 10.1. The van der Waals surface area contributed by atoms with Crippen LogP contribution in [0.5, 0.6) is 0 Å². The summed E-state index contributed by atoms with van der Waals surface area (Å²) in [6.07, 6.45) is 0. The van der Waals surface area contributed by atoms with Crippen LogP contribution in [0.25, 0.3) is 10.6 Å². The lowest BCUT2D eigenvalue weighted by Crippen LogP contribution is -1.81. The van der Waals surface area contributed by atoms with E-state index >= 15 is 0 Å². The molecule has 0 unspecified atom stereocenters. The fourth-order valence-corrected chi connectivity index (χ4v) is 2.29. The Kier molecular flexibility index (Phi) is 2.71. The van der Waals surface area contributed by atoms with Crippen molar-refractivity contribution in [1.29, 1.82) is 0 Å². The number of benzene rings is 1. The van der Waals surface area contributed by atoms with Crippen LogP contribution in [0.4, 0.5) is 5.13 Å². The van der Waals surface area contributed by atoms with Crippen molar-refractivity contribution >= 4 is 44.0 Å². The van der Waals surface area contributed by atoms with Gasteiger partial charge < -0.3 is 5.73 Å². The van der Waals surface area contributed by atoms with Crippen molar-refractivity contribution in [1.82, 2.24) is 10.2 Å². The van der Waals surface area contributed by atoms with Gasteiger partial charge in [0.25, 0.3) is 0 Å². The maximum absolute atomic E-state index is 6.09. The van der Waals surface area contributed by atoms with Gasteiger partial charge in [-0.05, 0) is 22.0 Å². The molecule has 0 atom stereocenters. The van der Waals surface area contributed by atoms with Crippen LogP contribution >= 0.6 is 38.9 Å². The monoisotopic (exact) mass is 289 g/mol. The Balaban J connectivity index is 2.57. The standard InChI is InChI=1S/C8H5BrClN3S/c9-5-3-1-2-4(6(5)10)7-12-13-8(11)14-7/h1-3H,(H2,11,13). The van der Waals surface area contributed by atoms with E-state index in [4.69, 9.17) is 17.3 Å². The van der Waals surface area contributed by atoms with Gasteiger partial charge in [-0.1, -0.05) is 35.1 Å². The highest BCUT2D eigenvalue weighted by atomic mass is 79.9. The molecule has 0 aliphatic carbocycles. The van der Waals surface area contributed by atoms with Gasteiger partial charge in [-0.3, -0.25) is 0 Å². The van der Waals surface area contributed by atoms with Gasteiger partial charge in [-0.25, -0.2) is 0 Å². The fourth-order valence-electron chi connectivity index (χ4n) is 1.01.